The van der Waals surface area contributed by atoms with Gasteiger partial charge in [0.2, 0.25) is 0 Å². The Morgan fingerprint density at radius 2 is 2.11 bits per heavy atom. The third-order valence-electron chi connectivity index (χ3n) is 3.45. The molecule has 0 atom stereocenters. The summed E-state index contributed by atoms with van der Waals surface area (Å²) in [6.07, 6.45) is 1.65. The van der Waals surface area contributed by atoms with Crippen molar-refractivity contribution in [2.75, 3.05) is 18.0 Å². The van der Waals surface area contributed by atoms with Crippen LogP contribution in [0.15, 0.2) is 12.4 Å². The Bertz CT molecular complexity index is 570. The van der Waals surface area contributed by atoms with Gasteiger partial charge in [0.15, 0.2) is 5.82 Å². The average Bonchev–Trinajstić information content (AvgIpc) is 2.74. The summed E-state index contributed by atoms with van der Waals surface area (Å²) in [5, 5.41) is 7.11. The minimum Gasteiger partial charge on any atom is -0.355 e. The second-order valence-electron chi connectivity index (χ2n) is 5.34. The highest BCUT2D eigenvalue weighted by Gasteiger charge is 2.32. The van der Waals surface area contributed by atoms with Crippen LogP contribution in [0, 0.1) is 6.92 Å². The van der Waals surface area contributed by atoms with Crippen LogP contribution in [0.25, 0.3) is 0 Å². The number of H-pyrrole nitrogens is 1. The quantitative estimate of drug-likeness (QED) is 0.906. The first-order valence-corrected chi connectivity index (χ1v) is 6.59. The molecule has 2 aromatic heterocycles. The van der Waals surface area contributed by atoms with Crippen LogP contribution in [0.2, 0.25) is 0 Å². The van der Waals surface area contributed by atoms with E-state index < -0.39 is 0 Å². The van der Waals surface area contributed by atoms with Gasteiger partial charge in [-0.05, 0) is 12.8 Å². The zero-order valence-corrected chi connectivity index (χ0v) is 11.5. The van der Waals surface area contributed by atoms with E-state index in [2.05, 4.69) is 50.0 Å². The fraction of sp³-hybridized carbons (Fsp3) is 0.538. The molecule has 0 saturated carbocycles. The van der Waals surface area contributed by atoms with Crippen LogP contribution in [0.1, 0.15) is 43.0 Å². The topological polar surface area (TPSA) is 70.6 Å². The predicted molar refractivity (Wildman–Crippen MR) is 72.2 cm³/mol. The number of hydrogen-bond acceptors (Lipinski definition) is 5. The lowest BCUT2D eigenvalue weighted by Crippen LogP contribution is -2.46. The monoisotopic (exact) mass is 258 g/mol. The fourth-order valence-corrected chi connectivity index (χ4v) is 2.22. The van der Waals surface area contributed by atoms with Crippen LogP contribution >= 0.6 is 0 Å². The van der Waals surface area contributed by atoms with E-state index in [1.807, 2.05) is 6.92 Å². The Morgan fingerprint density at radius 1 is 1.32 bits per heavy atom. The summed E-state index contributed by atoms with van der Waals surface area (Å²) >= 11 is 0. The highest BCUT2D eigenvalue weighted by atomic mass is 15.3. The molecule has 2 aromatic rings. The van der Waals surface area contributed by atoms with Gasteiger partial charge in [-0.1, -0.05) is 13.8 Å². The van der Waals surface area contributed by atoms with Crippen LogP contribution in [-0.4, -0.2) is 38.2 Å². The molecule has 1 fully saturated rings. The van der Waals surface area contributed by atoms with Crippen LogP contribution in [0.5, 0.6) is 0 Å². The Morgan fingerprint density at radius 3 is 2.74 bits per heavy atom. The number of aromatic amines is 1. The van der Waals surface area contributed by atoms with Gasteiger partial charge in [0.05, 0.1) is 5.92 Å². The summed E-state index contributed by atoms with van der Waals surface area (Å²) in [4.78, 5) is 15.3. The Hall–Kier alpha value is -1.98. The maximum absolute atomic E-state index is 4.38. The van der Waals surface area contributed by atoms with E-state index in [1.165, 1.54) is 0 Å². The van der Waals surface area contributed by atoms with Gasteiger partial charge in [-0.3, -0.25) is 5.10 Å². The minimum absolute atomic E-state index is 0.405. The zero-order chi connectivity index (χ0) is 13.4. The van der Waals surface area contributed by atoms with Crippen molar-refractivity contribution in [2.24, 2.45) is 0 Å². The molecule has 0 spiro atoms. The molecule has 100 valence electrons. The number of rotatable bonds is 3. The van der Waals surface area contributed by atoms with Gasteiger partial charge in [-0.2, -0.15) is 5.10 Å². The summed E-state index contributed by atoms with van der Waals surface area (Å²) in [7, 11) is 0. The second kappa shape index (κ2) is 4.60. The number of nitrogens with zero attached hydrogens (tertiary/aromatic N) is 5. The van der Waals surface area contributed by atoms with Crippen LogP contribution in [0.3, 0.4) is 0 Å². The van der Waals surface area contributed by atoms with E-state index in [-0.39, 0.29) is 0 Å². The smallest absolute Gasteiger partial charge is 0.157 e. The first-order chi connectivity index (χ1) is 9.13. The third kappa shape index (κ3) is 2.30. The van der Waals surface area contributed by atoms with Gasteiger partial charge < -0.3 is 4.90 Å². The van der Waals surface area contributed by atoms with Crippen molar-refractivity contribution in [1.29, 1.82) is 0 Å². The molecule has 0 aromatic carbocycles. The van der Waals surface area contributed by atoms with Crippen molar-refractivity contribution in [2.45, 2.75) is 32.6 Å². The van der Waals surface area contributed by atoms with Crippen LogP contribution < -0.4 is 4.90 Å². The lowest BCUT2D eigenvalue weighted by molar-refractivity contribution is 0.497. The average molecular weight is 258 g/mol. The number of aromatic nitrogens is 5. The molecular weight excluding hydrogens is 240 g/mol. The van der Waals surface area contributed by atoms with E-state index in [0.29, 0.717) is 11.8 Å². The molecule has 3 heterocycles. The highest BCUT2D eigenvalue weighted by molar-refractivity contribution is 5.44. The number of aryl methyl sites for hydroxylation is 1. The van der Waals surface area contributed by atoms with Crippen molar-refractivity contribution < 1.29 is 0 Å². The molecule has 1 aliphatic rings. The highest BCUT2D eigenvalue weighted by Crippen LogP contribution is 2.29. The van der Waals surface area contributed by atoms with E-state index in [9.17, 15) is 0 Å². The molecule has 0 bridgehead atoms. The lowest BCUT2D eigenvalue weighted by atomic mass is 9.99. The lowest BCUT2D eigenvalue weighted by Gasteiger charge is -2.38. The zero-order valence-electron chi connectivity index (χ0n) is 11.5. The molecule has 1 N–H and O–H groups in total. The van der Waals surface area contributed by atoms with Crippen molar-refractivity contribution in [1.82, 2.24) is 25.1 Å². The molecule has 3 rings (SSSR count). The third-order valence-corrected chi connectivity index (χ3v) is 3.45. The van der Waals surface area contributed by atoms with Gasteiger partial charge in [0, 0.05) is 24.8 Å². The summed E-state index contributed by atoms with van der Waals surface area (Å²) in [6, 6.07) is 2.07. The van der Waals surface area contributed by atoms with E-state index in [0.717, 1.165) is 36.3 Å². The Labute approximate surface area is 112 Å². The molecular formula is C13H18N6. The van der Waals surface area contributed by atoms with Gasteiger partial charge in [0.1, 0.15) is 18.0 Å². The largest absolute Gasteiger partial charge is 0.355 e. The fourth-order valence-electron chi connectivity index (χ4n) is 2.22. The minimum atomic E-state index is 0.405. The van der Waals surface area contributed by atoms with Gasteiger partial charge in [0.25, 0.3) is 0 Å². The van der Waals surface area contributed by atoms with Gasteiger partial charge >= 0.3 is 0 Å². The second-order valence-corrected chi connectivity index (χ2v) is 5.34. The molecule has 0 radical (unpaired) electrons. The Balaban J connectivity index is 1.68. The molecule has 1 aliphatic heterocycles. The normalized spacial score (nSPS) is 15.9. The van der Waals surface area contributed by atoms with Crippen LogP contribution in [0.4, 0.5) is 5.82 Å². The Kier molecular flexibility index (Phi) is 2.93. The van der Waals surface area contributed by atoms with E-state index in [1.54, 1.807) is 6.33 Å². The molecule has 1 saturated heterocycles. The van der Waals surface area contributed by atoms with Crippen molar-refractivity contribution in [3.05, 3.63) is 29.7 Å². The van der Waals surface area contributed by atoms with Gasteiger partial charge in [-0.15, -0.1) is 0 Å². The van der Waals surface area contributed by atoms with E-state index >= 15 is 0 Å². The van der Waals surface area contributed by atoms with Crippen molar-refractivity contribution >= 4 is 5.82 Å². The SMILES string of the molecule is Cc1nc(C2CN(c3cc(C(C)C)ncn3)C2)n[nH]1. The summed E-state index contributed by atoms with van der Waals surface area (Å²) in [5.74, 6) is 3.61. The first kappa shape index (κ1) is 12.1. The molecule has 6 heteroatoms. The van der Waals surface area contributed by atoms with Crippen molar-refractivity contribution in [3.8, 4) is 0 Å². The maximum atomic E-state index is 4.38. The summed E-state index contributed by atoms with van der Waals surface area (Å²) in [5.41, 5.74) is 1.09. The summed E-state index contributed by atoms with van der Waals surface area (Å²) < 4.78 is 0. The van der Waals surface area contributed by atoms with Gasteiger partial charge in [-0.25, -0.2) is 15.0 Å². The maximum Gasteiger partial charge on any atom is 0.157 e. The number of hydrogen-bond donors (Lipinski definition) is 1. The number of nitrogens with one attached hydrogen (secondary N) is 1. The molecule has 0 amide bonds. The molecule has 6 nitrogen and oxygen atoms in total. The molecule has 0 unspecified atom stereocenters. The first-order valence-electron chi connectivity index (χ1n) is 6.59. The summed E-state index contributed by atoms with van der Waals surface area (Å²) in [6.45, 7) is 8.05. The van der Waals surface area contributed by atoms with Crippen LogP contribution in [-0.2, 0) is 0 Å². The van der Waals surface area contributed by atoms with E-state index in [4.69, 9.17) is 0 Å². The molecule has 0 aliphatic carbocycles. The van der Waals surface area contributed by atoms with Crippen molar-refractivity contribution in [3.63, 3.8) is 0 Å². The number of anilines is 1. The molecule has 19 heavy (non-hydrogen) atoms. The predicted octanol–water partition coefficient (Wildman–Crippen LogP) is 1.63. The standard InChI is InChI=1S/C13H18N6/c1-8(2)11-4-12(15-7-14-11)19-5-10(6-19)13-16-9(3)17-18-13/h4,7-8,10H,5-6H2,1-3H3,(H,16,17,18).